The molecule has 124 valence electrons. The quantitative estimate of drug-likeness (QED) is 0.638. The maximum atomic E-state index is 12.6. The Balaban J connectivity index is 1.90. The smallest absolute Gasteiger partial charge is 0.288 e. The van der Waals surface area contributed by atoms with Gasteiger partial charge in [0, 0.05) is 23.9 Å². The fourth-order valence-electron chi connectivity index (χ4n) is 2.99. The molecular weight excluding hydrogens is 310 g/mol. The molecule has 0 N–H and O–H groups in total. The number of nitrogens with zero attached hydrogens (tertiary/aromatic N) is 3. The molecule has 3 rings (SSSR count). The van der Waals surface area contributed by atoms with Crippen LogP contribution in [0.2, 0.25) is 0 Å². The number of fused-ring (bicyclic) bond motifs is 1. The Bertz CT molecular complexity index is 872. The van der Waals surface area contributed by atoms with Crippen molar-refractivity contribution in [2.75, 3.05) is 11.4 Å². The summed E-state index contributed by atoms with van der Waals surface area (Å²) >= 11 is 0. The summed E-state index contributed by atoms with van der Waals surface area (Å²) in [7, 11) is 0. The molecule has 0 unspecified atom stereocenters. The van der Waals surface area contributed by atoms with Crippen molar-refractivity contribution < 1.29 is 9.72 Å². The Hall–Kier alpha value is -2.96. The van der Waals surface area contributed by atoms with E-state index in [1.165, 1.54) is 13.0 Å². The van der Waals surface area contributed by atoms with Crippen LogP contribution < -0.4 is 10.5 Å². The number of aromatic nitrogens is 1. The SMILES string of the molecule is Cc1cc(=O)n(CC(=O)N2CCCc3ccccc32)cc1[N+](=O)[O-]. The molecule has 1 aliphatic heterocycles. The van der Waals surface area contributed by atoms with Gasteiger partial charge < -0.3 is 4.90 Å². The molecule has 0 fully saturated rings. The molecule has 1 amide bonds. The molecule has 0 saturated heterocycles. The normalized spacial score (nSPS) is 13.5. The molecule has 7 nitrogen and oxygen atoms in total. The maximum Gasteiger partial charge on any atom is 0.288 e. The molecule has 1 aromatic carbocycles. The second kappa shape index (κ2) is 6.27. The summed E-state index contributed by atoms with van der Waals surface area (Å²) < 4.78 is 1.10. The third kappa shape index (κ3) is 2.92. The summed E-state index contributed by atoms with van der Waals surface area (Å²) in [4.78, 5) is 36.8. The van der Waals surface area contributed by atoms with Gasteiger partial charge in [-0.2, -0.15) is 0 Å². The summed E-state index contributed by atoms with van der Waals surface area (Å²) in [5.41, 5.74) is 1.65. The van der Waals surface area contributed by atoms with E-state index in [2.05, 4.69) is 0 Å². The van der Waals surface area contributed by atoms with Crippen LogP contribution in [-0.2, 0) is 17.8 Å². The fraction of sp³-hybridized carbons (Fsp3) is 0.294. The van der Waals surface area contributed by atoms with Crippen molar-refractivity contribution in [2.24, 2.45) is 0 Å². The second-order valence-corrected chi connectivity index (χ2v) is 5.84. The van der Waals surface area contributed by atoms with Crippen molar-refractivity contribution in [2.45, 2.75) is 26.3 Å². The highest BCUT2D eigenvalue weighted by atomic mass is 16.6. The van der Waals surface area contributed by atoms with Gasteiger partial charge in [0.1, 0.15) is 6.54 Å². The number of aryl methyl sites for hydroxylation is 2. The van der Waals surface area contributed by atoms with E-state index in [0.29, 0.717) is 6.54 Å². The van der Waals surface area contributed by atoms with Crippen LogP contribution in [0.25, 0.3) is 0 Å². The molecule has 0 radical (unpaired) electrons. The highest BCUT2D eigenvalue weighted by Crippen LogP contribution is 2.27. The molecule has 0 atom stereocenters. The van der Waals surface area contributed by atoms with Gasteiger partial charge in [-0.25, -0.2) is 0 Å². The number of nitro groups is 1. The molecule has 1 aliphatic rings. The number of para-hydroxylation sites is 1. The highest BCUT2D eigenvalue weighted by Gasteiger charge is 2.23. The van der Waals surface area contributed by atoms with Gasteiger partial charge in [0.15, 0.2) is 0 Å². The zero-order valence-corrected chi connectivity index (χ0v) is 13.3. The summed E-state index contributed by atoms with van der Waals surface area (Å²) in [5, 5.41) is 11.0. The Labute approximate surface area is 138 Å². The van der Waals surface area contributed by atoms with Crippen LogP contribution in [0.3, 0.4) is 0 Å². The molecular formula is C17H17N3O4. The van der Waals surface area contributed by atoms with Crippen molar-refractivity contribution >= 4 is 17.3 Å². The minimum atomic E-state index is -0.550. The molecule has 0 spiro atoms. The molecule has 24 heavy (non-hydrogen) atoms. The van der Waals surface area contributed by atoms with Crippen LogP contribution in [0, 0.1) is 17.0 Å². The first-order valence-corrected chi connectivity index (χ1v) is 7.71. The lowest BCUT2D eigenvalue weighted by Crippen LogP contribution is -2.39. The van der Waals surface area contributed by atoms with Gasteiger partial charge in [0.05, 0.1) is 11.1 Å². The van der Waals surface area contributed by atoms with Crippen LogP contribution in [0.1, 0.15) is 17.5 Å². The average molecular weight is 327 g/mol. The van der Waals surface area contributed by atoms with Crippen molar-refractivity contribution in [3.05, 3.63) is 68.1 Å². The van der Waals surface area contributed by atoms with Crippen LogP contribution in [0.15, 0.2) is 41.3 Å². The maximum absolute atomic E-state index is 12.6. The lowest BCUT2D eigenvalue weighted by Gasteiger charge is -2.29. The number of amides is 1. The van der Waals surface area contributed by atoms with Crippen LogP contribution in [-0.4, -0.2) is 21.9 Å². The van der Waals surface area contributed by atoms with E-state index in [1.807, 2.05) is 24.3 Å². The van der Waals surface area contributed by atoms with E-state index < -0.39 is 10.5 Å². The Morgan fingerprint density at radius 1 is 1.33 bits per heavy atom. The molecule has 2 aromatic rings. The number of hydrogen-bond donors (Lipinski definition) is 0. The summed E-state index contributed by atoms with van der Waals surface area (Å²) in [6, 6.07) is 8.86. The number of rotatable bonds is 3. The minimum absolute atomic E-state index is 0.165. The lowest BCUT2D eigenvalue weighted by atomic mass is 10.0. The molecule has 1 aromatic heterocycles. The first-order valence-electron chi connectivity index (χ1n) is 7.71. The van der Waals surface area contributed by atoms with Gasteiger partial charge >= 0.3 is 0 Å². The number of carbonyl (C=O) groups excluding carboxylic acids is 1. The van der Waals surface area contributed by atoms with E-state index >= 15 is 0 Å². The first-order chi connectivity index (χ1) is 11.5. The Kier molecular flexibility index (Phi) is 4.16. The Morgan fingerprint density at radius 3 is 2.83 bits per heavy atom. The summed E-state index contributed by atoms with van der Waals surface area (Å²) in [5.74, 6) is -0.248. The molecule has 2 heterocycles. The second-order valence-electron chi connectivity index (χ2n) is 5.84. The third-order valence-electron chi connectivity index (χ3n) is 4.22. The number of anilines is 1. The molecule has 0 bridgehead atoms. The standard InChI is InChI=1S/C17H17N3O4/c1-12-9-16(21)18(10-15(12)20(23)24)11-17(22)19-8-4-6-13-5-2-3-7-14(13)19/h2-3,5,7,9-10H,4,6,8,11H2,1H3. The van der Waals surface area contributed by atoms with E-state index in [9.17, 15) is 19.7 Å². The topological polar surface area (TPSA) is 85.5 Å². The van der Waals surface area contributed by atoms with Gasteiger partial charge in [0.25, 0.3) is 11.2 Å². The van der Waals surface area contributed by atoms with Crippen molar-refractivity contribution in [1.82, 2.24) is 4.57 Å². The van der Waals surface area contributed by atoms with E-state index in [0.717, 1.165) is 34.9 Å². The van der Waals surface area contributed by atoms with Crippen molar-refractivity contribution in [1.29, 1.82) is 0 Å². The van der Waals surface area contributed by atoms with Gasteiger partial charge in [-0.3, -0.25) is 24.3 Å². The molecule has 7 heteroatoms. The molecule has 0 saturated carbocycles. The zero-order valence-electron chi connectivity index (χ0n) is 13.3. The zero-order chi connectivity index (χ0) is 17.3. The number of carbonyl (C=O) groups is 1. The van der Waals surface area contributed by atoms with Gasteiger partial charge in [-0.15, -0.1) is 0 Å². The van der Waals surface area contributed by atoms with Crippen LogP contribution in [0.4, 0.5) is 11.4 Å². The van der Waals surface area contributed by atoms with Gasteiger partial charge in [0.2, 0.25) is 5.91 Å². The third-order valence-corrected chi connectivity index (χ3v) is 4.22. The average Bonchev–Trinajstić information content (AvgIpc) is 2.56. The monoisotopic (exact) mass is 327 g/mol. The van der Waals surface area contributed by atoms with Crippen molar-refractivity contribution in [3.8, 4) is 0 Å². The summed E-state index contributed by atoms with van der Waals surface area (Å²) in [6.07, 6.45) is 2.91. The number of hydrogen-bond acceptors (Lipinski definition) is 4. The predicted molar refractivity (Wildman–Crippen MR) is 89.2 cm³/mol. The first kappa shape index (κ1) is 15.9. The van der Waals surface area contributed by atoms with Gasteiger partial charge in [-0.1, -0.05) is 18.2 Å². The predicted octanol–water partition coefficient (Wildman–Crippen LogP) is 2.04. The summed E-state index contributed by atoms with van der Waals surface area (Å²) in [6.45, 7) is 1.87. The number of benzene rings is 1. The van der Waals surface area contributed by atoms with Crippen LogP contribution in [0.5, 0.6) is 0 Å². The van der Waals surface area contributed by atoms with Crippen LogP contribution >= 0.6 is 0 Å². The minimum Gasteiger partial charge on any atom is -0.311 e. The largest absolute Gasteiger partial charge is 0.311 e. The Morgan fingerprint density at radius 2 is 2.08 bits per heavy atom. The number of pyridine rings is 1. The van der Waals surface area contributed by atoms with E-state index in [-0.39, 0.29) is 23.7 Å². The van der Waals surface area contributed by atoms with Crippen molar-refractivity contribution in [3.63, 3.8) is 0 Å². The van der Waals surface area contributed by atoms with E-state index in [4.69, 9.17) is 0 Å². The fourth-order valence-corrected chi connectivity index (χ4v) is 2.99. The lowest BCUT2D eigenvalue weighted by molar-refractivity contribution is -0.385. The molecule has 0 aliphatic carbocycles. The highest BCUT2D eigenvalue weighted by molar-refractivity contribution is 5.94. The van der Waals surface area contributed by atoms with E-state index in [1.54, 1.807) is 4.90 Å². The van der Waals surface area contributed by atoms with Gasteiger partial charge in [-0.05, 0) is 31.4 Å².